The SMILES string of the molecule is Cc1ccc(Cc2cccc([C@H]3CCCN3CC(=O)Nc3nccs3)n2)cc1. The minimum absolute atomic E-state index is 0.0161. The number of nitrogens with one attached hydrogen (secondary N) is 1. The minimum atomic E-state index is -0.0161. The Morgan fingerprint density at radius 3 is 2.89 bits per heavy atom. The fourth-order valence-electron chi connectivity index (χ4n) is 3.68. The van der Waals surface area contributed by atoms with Crippen molar-refractivity contribution in [2.24, 2.45) is 0 Å². The molecule has 1 amide bonds. The summed E-state index contributed by atoms with van der Waals surface area (Å²) in [5.74, 6) is -0.0161. The van der Waals surface area contributed by atoms with Crippen molar-refractivity contribution < 1.29 is 4.79 Å². The molecule has 3 heterocycles. The number of rotatable bonds is 6. The number of carbonyl (C=O) groups is 1. The fraction of sp³-hybridized carbons (Fsp3) is 0.318. The zero-order valence-corrected chi connectivity index (χ0v) is 16.8. The molecule has 0 radical (unpaired) electrons. The second kappa shape index (κ2) is 8.63. The van der Waals surface area contributed by atoms with E-state index in [1.807, 2.05) is 5.38 Å². The highest BCUT2D eigenvalue weighted by molar-refractivity contribution is 7.13. The number of amides is 1. The van der Waals surface area contributed by atoms with Crippen LogP contribution in [0.15, 0.2) is 54.0 Å². The molecule has 144 valence electrons. The second-order valence-electron chi connectivity index (χ2n) is 7.23. The predicted octanol–water partition coefficient (Wildman–Crippen LogP) is 4.21. The molecule has 1 N–H and O–H groups in total. The van der Waals surface area contributed by atoms with Crippen LogP contribution < -0.4 is 5.32 Å². The first-order chi connectivity index (χ1) is 13.7. The molecule has 0 unspecified atom stereocenters. The van der Waals surface area contributed by atoms with E-state index in [1.54, 1.807) is 6.20 Å². The van der Waals surface area contributed by atoms with Crippen LogP contribution >= 0.6 is 11.3 Å². The van der Waals surface area contributed by atoms with E-state index in [1.165, 1.54) is 22.5 Å². The van der Waals surface area contributed by atoms with Crippen LogP contribution in [0.5, 0.6) is 0 Å². The Balaban J connectivity index is 1.43. The van der Waals surface area contributed by atoms with E-state index in [-0.39, 0.29) is 11.9 Å². The Morgan fingerprint density at radius 2 is 2.11 bits per heavy atom. The van der Waals surface area contributed by atoms with Crippen molar-refractivity contribution in [2.45, 2.75) is 32.2 Å². The second-order valence-corrected chi connectivity index (χ2v) is 8.12. The molecule has 1 aromatic carbocycles. The van der Waals surface area contributed by atoms with Gasteiger partial charge in [-0.3, -0.25) is 14.7 Å². The van der Waals surface area contributed by atoms with Gasteiger partial charge >= 0.3 is 0 Å². The number of hydrogen-bond donors (Lipinski definition) is 1. The van der Waals surface area contributed by atoms with Crippen LogP contribution in [0.4, 0.5) is 5.13 Å². The summed E-state index contributed by atoms with van der Waals surface area (Å²) in [6, 6.07) is 15.0. The molecule has 28 heavy (non-hydrogen) atoms. The van der Waals surface area contributed by atoms with E-state index in [2.05, 4.69) is 64.6 Å². The van der Waals surface area contributed by atoms with Gasteiger partial charge in [-0.25, -0.2) is 4.98 Å². The lowest BCUT2D eigenvalue weighted by atomic mass is 10.1. The van der Waals surface area contributed by atoms with E-state index >= 15 is 0 Å². The van der Waals surface area contributed by atoms with Crippen LogP contribution in [-0.2, 0) is 11.2 Å². The molecule has 4 rings (SSSR count). The maximum absolute atomic E-state index is 12.4. The molecule has 5 nitrogen and oxygen atoms in total. The summed E-state index contributed by atoms with van der Waals surface area (Å²) in [6.07, 6.45) is 4.64. The first-order valence-electron chi connectivity index (χ1n) is 9.62. The van der Waals surface area contributed by atoms with Crippen molar-refractivity contribution in [1.82, 2.24) is 14.9 Å². The Hall–Kier alpha value is -2.57. The van der Waals surface area contributed by atoms with Gasteiger partial charge in [0.25, 0.3) is 0 Å². The first kappa shape index (κ1) is 18.8. The van der Waals surface area contributed by atoms with Crippen LogP contribution in [0, 0.1) is 6.92 Å². The number of aryl methyl sites for hydroxylation is 1. The van der Waals surface area contributed by atoms with Gasteiger partial charge in [0.1, 0.15) is 0 Å². The number of likely N-dealkylation sites (tertiary alicyclic amines) is 1. The van der Waals surface area contributed by atoms with Crippen molar-refractivity contribution in [3.05, 3.63) is 76.6 Å². The zero-order chi connectivity index (χ0) is 19.3. The predicted molar refractivity (Wildman–Crippen MR) is 113 cm³/mol. The molecular formula is C22H24N4OS. The van der Waals surface area contributed by atoms with Gasteiger partial charge in [0.05, 0.1) is 18.3 Å². The third-order valence-corrected chi connectivity index (χ3v) is 5.75. The van der Waals surface area contributed by atoms with Gasteiger partial charge in [-0.05, 0) is 44.0 Å². The maximum atomic E-state index is 12.4. The van der Waals surface area contributed by atoms with Gasteiger partial charge in [-0.15, -0.1) is 11.3 Å². The molecule has 0 bridgehead atoms. The molecule has 2 aromatic heterocycles. The molecule has 0 spiro atoms. The van der Waals surface area contributed by atoms with E-state index in [0.29, 0.717) is 11.7 Å². The topological polar surface area (TPSA) is 58.1 Å². The van der Waals surface area contributed by atoms with Crippen LogP contribution in [0.3, 0.4) is 0 Å². The number of hydrogen-bond acceptors (Lipinski definition) is 5. The number of pyridine rings is 1. The number of anilines is 1. The molecule has 3 aromatic rings. The average Bonchev–Trinajstić information content (AvgIpc) is 3.36. The smallest absolute Gasteiger partial charge is 0.240 e. The van der Waals surface area contributed by atoms with Gasteiger partial charge in [0, 0.05) is 23.7 Å². The summed E-state index contributed by atoms with van der Waals surface area (Å²) in [4.78, 5) is 23.6. The molecule has 1 atom stereocenters. The molecule has 1 aliphatic rings. The van der Waals surface area contributed by atoms with Crippen molar-refractivity contribution in [2.75, 3.05) is 18.4 Å². The van der Waals surface area contributed by atoms with E-state index in [0.717, 1.165) is 37.2 Å². The molecular weight excluding hydrogens is 368 g/mol. The normalized spacial score (nSPS) is 17.0. The summed E-state index contributed by atoms with van der Waals surface area (Å²) >= 11 is 1.44. The standard InChI is InChI=1S/C22H24N4OS/c1-16-7-9-17(10-8-16)14-18-4-2-5-19(24-18)20-6-3-12-26(20)15-21(27)25-22-23-11-13-28-22/h2,4-5,7-11,13,20H,3,6,12,14-15H2,1H3,(H,23,25,27)/t20-/m1/s1. The van der Waals surface area contributed by atoms with Gasteiger partial charge in [0.2, 0.25) is 5.91 Å². The molecule has 6 heteroatoms. The summed E-state index contributed by atoms with van der Waals surface area (Å²) in [6.45, 7) is 3.38. The van der Waals surface area contributed by atoms with E-state index in [9.17, 15) is 4.79 Å². The monoisotopic (exact) mass is 392 g/mol. The highest BCUT2D eigenvalue weighted by atomic mass is 32.1. The Bertz CT molecular complexity index is 924. The Labute approximate surface area is 169 Å². The lowest BCUT2D eigenvalue weighted by molar-refractivity contribution is -0.117. The first-order valence-corrected chi connectivity index (χ1v) is 10.5. The molecule has 1 fully saturated rings. The van der Waals surface area contributed by atoms with E-state index in [4.69, 9.17) is 4.98 Å². The quantitative estimate of drug-likeness (QED) is 0.683. The van der Waals surface area contributed by atoms with Gasteiger partial charge < -0.3 is 5.32 Å². The maximum Gasteiger partial charge on any atom is 0.240 e. The summed E-state index contributed by atoms with van der Waals surface area (Å²) in [5.41, 5.74) is 4.66. The summed E-state index contributed by atoms with van der Waals surface area (Å²) < 4.78 is 0. The van der Waals surface area contributed by atoms with Crippen LogP contribution in [-0.4, -0.2) is 33.9 Å². The molecule has 0 saturated carbocycles. The summed E-state index contributed by atoms with van der Waals surface area (Å²) in [7, 11) is 0. The van der Waals surface area contributed by atoms with Gasteiger partial charge in [0.15, 0.2) is 5.13 Å². The number of nitrogens with zero attached hydrogens (tertiary/aromatic N) is 3. The average molecular weight is 393 g/mol. The van der Waals surface area contributed by atoms with Gasteiger partial charge in [-0.2, -0.15) is 0 Å². The third kappa shape index (κ3) is 4.64. The molecule has 0 aliphatic carbocycles. The van der Waals surface area contributed by atoms with Crippen LogP contribution in [0.25, 0.3) is 0 Å². The minimum Gasteiger partial charge on any atom is -0.301 e. The number of carbonyl (C=O) groups excluding carboxylic acids is 1. The van der Waals surface area contributed by atoms with E-state index < -0.39 is 0 Å². The lowest BCUT2D eigenvalue weighted by Crippen LogP contribution is -2.33. The van der Waals surface area contributed by atoms with Crippen LogP contribution in [0.2, 0.25) is 0 Å². The zero-order valence-electron chi connectivity index (χ0n) is 16.0. The van der Waals surface area contributed by atoms with Crippen LogP contribution in [0.1, 0.15) is 41.4 Å². The Kier molecular flexibility index (Phi) is 5.78. The number of aromatic nitrogens is 2. The largest absolute Gasteiger partial charge is 0.301 e. The highest BCUT2D eigenvalue weighted by Gasteiger charge is 2.28. The van der Waals surface area contributed by atoms with Crippen molar-refractivity contribution in [1.29, 1.82) is 0 Å². The molecule has 1 aliphatic heterocycles. The van der Waals surface area contributed by atoms with Crippen molar-refractivity contribution in [3.63, 3.8) is 0 Å². The summed E-state index contributed by atoms with van der Waals surface area (Å²) in [5, 5.41) is 5.39. The number of thiazole rings is 1. The van der Waals surface area contributed by atoms with Crippen molar-refractivity contribution in [3.8, 4) is 0 Å². The fourth-order valence-corrected chi connectivity index (χ4v) is 4.22. The van der Waals surface area contributed by atoms with Crippen molar-refractivity contribution >= 4 is 22.4 Å². The Morgan fingerprint density at radius 1 is 1.25 bits per heavy atom. The number of benzene rings is 1. The third-order valence-electron chi connectivity index (χ3n) is 5.06. The lowest BCUT2D eigenvalue weighted by Gasteiger charge is -2.23. The highest BCUT2D eigenvalue weighted by Crippen LogP contribution is 2.30. The molecule has 1 saturated heterocycles. The van der Waals surface area contributed by atoms with Gasteiger partial charge in [-0.1, -0.05) is 35.9 Å².